The minimum Gasteiger partial charge on any atom is -0.483 e. The summed E-state index contributed by atoms with van der Waals surface area (Å²) < 4.78 is 16.7. The Labute approximate surface area is 240 Å². The van der Waals surface area contributed by atoms with E-state index in [4.69, 9.17) is 49.3 Å². The van der Waals surface area contributed by atoms with Crippen LogP contribution in [-0.4, -0.2) is 36.4 Å². The molecule has 39 heavy (non-hydrogen) atoms. The number of ether oxygens (including phenoxy) is 2. The molecule has 0 bridgehead atoms. The summed E-state index contributed by atoms with van der Waals surface area (Å²) in [6, 6.07) is 15.0. The molecule has 1 atom stereocenters. The van der Waals surface area contributed by atoms with Crippen LogP contribution in [0.1, 0.15) is 31.2 Å². The number of hydrogen-bond acceptors (Lipinski definition) is 7. The van der Waals surface area contributed by atoms with Gasteiger partial charge in [0.25, 0.3) is 5.91 Å². The lowest BCUT2D eigenvalue weighted by Crippen LogP contribution is -2.45. The van der Waals surface area contributed by atoms with E-state index in [1.165, 1.54) is 6.21 Å². The van der Waals surface area contributed by atoms with E-state index in [0.717, 1.165) is 5.56 Å². The summed E-state index contributed by atoms with van der Waals surface area (Å²) in [7, 11) is 0. The number of esters is 1. The van der Waals surface area contributed by atoms with Gasteiger partial charge in [-0.2, -0.15) is 5.10 Å². The Hall–Kier alpha value is -3.86. The van der Waals surface area contributed by atoms with Crippen molar-refractivity contribution in [2.45, 2.75) is 19.9 Å². The molecule has 0 fully saturated rings. The molecule has 0 saturated heterocycles. The van der Waals surface area contributed by atoms with E-state index in [0.29, 0.717) is 49.3 Å². The maximum Gasteiger partial charge on any atom is 0.338 e. The highest BCUT2D eigenvalue weighted by atomic mass is 35.5. The molecule has 3 N–H and O–H groups in total. The molecule has 0 aliphatic carbocycles. The predicted octanol–water partition coefficient (Wildman–Crippen LogP) is 5.14. The number of nitrogens with zero attached hydrogens (tertiary/aromatic N) is 1. The second-order valence-corrected chi connectivity index (χ2v) is 9.46. The topological polar surface area (TPSA) is 114 Å². The summed E-state index contributed by atoms with van der Waals surface area (Å²) in [6.07, 6.45) is 1.37. The molecule has 12 heteroatoms. The van der Waals surface area contributed by atoms with E-state index in [-0.39, 0.29) is 13.2 Å². The number of carbonyl (C=O) groups is 2. The van der Waals surface area contributed by atoms with Crippen LogP contribution >= 0.6 is 35.4 Å². The molecule has 0 unspecified atom stereocenters. The van der Waals surface area contributed by atoms with E-state index in [2.05, 4.69) is 21.2 Å². The first-order valence-electron chi connectivity index (χ1n) is 11.8. The Balaban J connectivity index is 1.40. The number of rotatable bonds is 9. The van der Waals surface area contributed by atoms with Crippen LogP contribution in [0.4, 0.5) is 0 Å². The van der Waals surface area contributed by atoms with Crippen LogP contribution in [0.5, 0.6) is 5.75 Å². The lowest BCUT2D eigenvalue weighted by atomic mass is 9.95. The smallest absolute Gasteiger partial charge is 0.338 e. The van der Waals surface area contributed by atoms with Crippen LogP contribution in [0.2, 0.25) is 10.0 Å². The van der Waals surface area contributed by atoms with Crippen molar-refractivity contribution in [3.63, 3.8) is 0 Å². The molecule has 2 heterocycles. The largest absolute Gasteiger partial charge is 0.483 e. The number of carbonyl (C=O) groups excluding carboxylic acids is 2. The molecule has 1 aliphatic rings. The number of furan rings is 1. The van der Waals surface area contributed by atoms with Gasteiger partial charge in [-0.15, -0.1) is 0 Å². The highest BCUT2D eigenvalue weighted by Crippen LogP contribution is 2.33. The van der Waals surface area contributed by atoms with Crippen LogP contribution in [-0.2, 0) is 14.3 Å². The maximum atomic E-state index is 12.7. The van der Waals surface area contributed by atoms with Crippen LogP contribution in [0, 0.1) is 0 Å². The fourth-order valence-corrected chi connectivity index (χ4v) is 4.40. The van der Waals surface area contributed by atoms with E-state index < -0.39 is 17.9 Å². The van der Waals surface area contributed by atoms with Crippen molar-refractivity contribution >= 4 is 58.6 Å². The Bertz CT molecular complexity index is 1470. The first kappa shape index (κ1) is 28.2. The van der Waals surface area contributed by atoms with Crippen molar-refractivity contribution in [3.05, 3.63) is 87.2 Å². The number of halogens is 2. The fourth-order valence-electron chi connectivity index (χ4n) is 3.83. The van der Waals surface area contributed by atoms with Crippen LogP contribution < -0.4 is 20.8 Å². The van der Waals surface area contributed by atoms with Crippen molar-refractivity contribution in [2.75, 3.05) is 13.2 Å². The summed E-state index contributed by atoms with van der Waals surface area (Å²) in [5.74, 6) is 0.404. The Kier molecular flexibility index (Phi) is 9.23. The Morgan fingerprint density at radius 3 is 2.72 bits per heavy atom. The van der Waals surface area contributed by atoms with Crippen molar-refractivity contribution in [1.29, 1.82) is 0 Å². The van der Waals surface area contributed by atoms with Crippen molar-refractivity contribution in [2.24, 2.45) is 5.10 Å². The molecule has 202 valence electrons. The van der Waals surface area contributed by atoms with Gasteiger partial charge in [0.15, 0.2) is 11.7 Å². The summed E-state index contributed by atoms with van der Waals surface area (Å²) in [5.41, 5.74) is 4.71. The predicted molar refractivity (Wildman–Crippen MR) is 153 cm³/mol. The van der Waals surface area contributed by atoms with Gasteiger partial charge in [0.1, 0.15) is 17.3 Å². The zero-order chi connectivity index (χ0) is 27.9. The number of thiocarbonyl (C=S) groups is 1. The van der Waals surface area contributed by atoms with Crippen LogP contribution in [0.15, 0.2) is 75.4 Å². The average Bonchev–Trinajstić information content (AvgIpc) is 3.38. The lowest BCUT2D eigenvalue weighted by molar-refractivity contribution is -0.139. The van der Waals surface area contributed by atoms with E-state index in [1.807, 2.05) is 0 Å². The molecule has 4 rings (SSSR count). The monoisotopic (exact) mass is 586 g/mol. The van der Waals surface area contributed by atoms with Gasteiger partial charge in [0.2, 0.25) is 0 Å². The lowest BCUT2D eigenvalue weighted by Gasteiger charge is -2.30. The molecule has 0 saturated carbocycles. The number of para-hydroxylation sites is 1. The molecule has 1 aliphatic heterocycles. The first-order valence-corrected chi connectivity index (χ1v) is 13.0. The summed E-state index contributed by atoms with van der Waals surface area (Å²) in [6.45, 7) is 3.37. The minimum atomic E-state index is -0.626. The molecule has 9 nitrogen and oxygen atoms in total. The number of nitrogens with one attached hydrogen (secondary N) is 3. The van der Waals surface area contributed by atoms with Gasteiger partial charge >= 0.3 is 5.97 Å². The van der Waals surface area contributed by atoms with Crippen molar-refractivity contribution in [3.8, 4) is 17.1 Å². The van der Waals surface area contributed by atoms with Gasteiger partial charge in [0.05, 0.1) is 34.5 Å². The summed E-state index contributed by atoms with van der Waals surface area (Å²) in [4.78, 5) is 25.1. The van der Waals surface area contributed by atoms with E-state index in [1.54, 1.807) is 68.4 Å². The molecular formula is C27H24Cl2N4O5S. The average molecular weight is 587 g/mol. The number of hydrogen-bond donors (Lipinski definition) is 3. The van der Waals surface area contributed by atoms with Crippen molar-refractivity contribution in [1.82, 2.24) is 16.1 Å². The molecule has 1 amide bonds. The second-order valence-electron chi connectivity index (χ2n) is 8.24. The quantitative estimate of drug-likeness (QED) is 0.137. The number of benzene rings is 2. The highest BCUT2D eigenvalue weighted by molar-refractivity contribution is 7.80. The van der Waals surface area contributed by atoms with Gasteiger partial charge in [0, 0.05) is 16.8 Å². The Morgan fingerprint density at radius 1 is 1.15 bits per heavy atom. The summed E-state index contributed by atoms with van der Waals surface area (Å²) in [5, 5.41) is 11.2. The van der Waals surface area contributed by atoms with Crippen LogP contribution in [0.3, 0.4) is 0 Å². The molecule has 0 spiro atoms. The highest BCUT2D eigenvalue weighted by Gasteiger charge is 2.32. The molecule has 2 aromatic carbocycles. The second kappa shape index (κ2) is 12.8. The molecule has 0 radical (unpaired) electrons. The third kappa shape index (κ3) is 6.97. The Morgan fingerprint density at radius 2 is 1.95 bits per heavy atom. The fraction of sp³-hybridized carbons (Fsp3) is 0.185. The number of hydrazone groups is 1. The van der Waals surface area contributed by atoms with Gasteiger partial charge < -0.3 is 24.5 Å². The van der Waals surface area contributed by atoms with Gasteiger partial charge in [-0.05, 0) is 62.5 Å². The number of allylic oxidation sites excluding steroid dienone is 1. The van der Waals surface area contributed by atoms with Crippen molar-refractivity contribution < 1.29 is 23.5 Å². The molecule has 1 aromatic heterocycles. The van der Waals surface area contributed by atoms with E-state index in [9.17, 15) is 9.59 Å². The van der Waals surface area contributed by atoms with Gasteiger partial charge in [-0.25, -0.2) is 10.2 Å². The van der Waals surface area contributed by atoms with E-state index >= 15 is 0 Å². The van der Waals surface area contributed by atoms with Crippen LogP contribution in [0.25, 0.3) is 11.3 Å². The zero-order valence-corrected chi connectivity index (χ0v) is 23.2. The molecular weight excluding hydrogens is 563 g/mol. The number of amides is 1. The van der Waals surface area contributed by atoms with Gasteiger partial charge in [-0.3, -0.25) is 4.79 Å². The van der Waals surface area contributed by atoms with Gasteiger partial charge in [-0.1, -0.05) is 41.4 Å². The summed E-state index contributed by atoms with van der Waals surface area (Å²) >= 11 is 17.3. The third-order valence-corrected chi connectivity index (χ3v) is 6.52. The first-order chi connectivity index (χ1) is 18.8. The minimum absolute atomic E-state index is 0.223. The standard InChI is InChI=1S/C27H24Cl2N4O5S/c1-3-36-26(35)24-15(2)31-27(39)32-25(24)18-6-4-5-7-22(18)37-14-23(34)33-30-13-17-9-11-21(38-17)16-8-10-19(28)20(29)12-16/h4-13,25H,3,14H2,1-2H3,(H,33,34)(H2,31,32,39)/t25-/m1/s1. The normalized spacial score (nSPS) is 15.1. The maximum absolute atomic E-state index is 12.7. The SMILES string of the molecule is CCOC(=O)C1=C(C)NC(=S)N[C@@H]1c1ccccc1OCC(=O)NN=Cc1ccc(-c2ccc(Cl)c(Cl)c2)o1. The zero-order valence-electron chi connectivity index (χ0n) is 20.9. The molecule has 3 aromatic rings. The third-order valence-electron chi connectivity index (χ3n) is 5.57.